The van der Waals surface area contributed by atoms with Gasteiger partial charge >= 0.3 is 5.97 Å². The van der Waals surface area contributed by atoms with E-state index < -0.39 is 5.97 Å². The standard InChI is InChI=1S/C12H16BrN3O2/c1-16(2)8-10(12(17)18-3)14-7-9-5-4-6-11(13)15-9/h4-6,8,14H,7H2,1-3H3/b10-8-. The van der Waals surface area contributed by atoms with Gasteiger partial charge in [-0.1, -0.05) is 6.07 Å². The first-order valence-electron chi connectivity index (χ1n) is 5.35. The molecule has 1 aromatic rings. The third kappa shape index (κ3) is 4.75. The number of methoxy groups -OCH3 is 1. The minimum absolute atomic E-state index is 0.393. The molecule has 0 aliphatic rings. The molecule has 0 aliphatic heterocycles. The molecule has 0 radical (unpaired) electrons. The summed E-state index contributed by atoms with van der Waals surface area (Å²) in [5, 5.41) is 3.01. The second-order valence-electron chi connectivity index (χ2n) is 3.80. The average Bonchev–Trinajstić information content (AvgIpc) is 2.33. The molecule has 0 fully saturated rings. The molecular weight excluding hydrogens is 298 g/mol. The predicted molar refractivity (Wildman–Crippen MR) is 72.6 cm³/mol. The highest BCUT2D eigenvalue weighted by Crippen LogP contribution is 2.06. The number of ether oxygens (including phenoxy) is 1. The predicted octanol–water partition coefficient (Wildman–Crippen LogP) is 1.51. The Morgan fingerprint density at radius 2 is 2.28 bits per heavy atom. The lowest BCUT2D eigenvalue weighted by atomic mass is 10.3. The Hall–Kier alpha value is -1.56. The number of nitrogens with zero attached hydrogens (tertiary/aromatic N) is 2. The van der Waals surface area contributed by atoms with Crippen LogP contribution in [0.4, 0.5) is 0 Å². The fourth-order valence-electron chi connectivity index (χ4n) is 1.27. The van der Waals surface area contributed by atoms with Crippen LogP contribution in [0.25, 0.3) is 0 Å². The summed E-state index contributed by atoms with van der Waals surface area (Å²) in [5.74, 6) is -0.404. The third-order valence-electron chi connectivity index (χ3n) is 2.03. The maximum atomic E-state index is 11.5. The highest BCUT2D eigenvalue weighted by atomic mass is 79.9. The van der Waals surface area contributed by atoms with Crippen molar-refractivity contribution in [2.24, 2.45) is 0 Å². The Balaban J connectivity index is 2.71. The van der Waals surface area contributed by atoms with Crippen molar-refractivity contribution >= 4 is 21.9 Å². The molecule has 1 N–H and O–H groups in total. The number of hydrogen-bond donors (Lipinski definition) is 1. The Morgan fingerprint density at radius 3 is 2.83 bits per heavy atom. The van der Waals surface area contributed by atoms with Crippen molar-refractivity contribution in [3.8, 4) is 0 Å². The van der Waals surface area contributed by atoms with Crippen molar-refractivity contribution in [2.75, 3.05) is 21.2 Å². The fraction of sp³-hybridized carbons (Fsp3) is 0.333. The van der Waals surface area contributed by atoms with Crippen molar-refractivity contribution in [3.05, 3.63) is 40.4 Å². The molecule has 5 nitrogen and oxygen atoms in total. The molecular formula is C12H16BrN3O2. The van der Waals surface area contributed by atoms with Gasteiger partial charge in [0, 0.05) is 20.3 Å². The number of rotatable bonds is 5. The second kappa shape index (κ2) is 7.00. The SMILES string of the molecule is COC(=O)/C(=C/N(C)C)NCc1cccc(Br)n1. The van der Waals surface area contributed by atoms with Gasteiger partial charge in [0.1, 0.15) is 10.3 Å². The molecule has 0 atom stereocenters. The number of aromatic nitrogens is 1. The minimum Gasteiger partial charge on any atom is -0.464 e. The van der Waals surface area contributed by atoms with Crippen LogP contribution >= 0.6 is 15.9 Å². The van der Waals surface area contributed by atoms with Gasteiger partial charge in [-0.05, 0) is 28.1 Å². The van der Waals surface area contributed by atoms with Crippen LogP contribution in [-0.2, 0) is 16.1 Å². The van der Waals surface area contributed by atoms with Crippen LogP contribution in [0.3, 0.4) is 0 Å². The molecule has 0 saturated heterocycles. The molecule has 98 valence electrons. The molecule has 0 saturated carbocycles. The van der Waals surface area contributed by atoms with Crippen LogP contribution in [-0.4, -0.2) is 37.1 Å². The number of hydrogen-bond acceptors (Lipinski definition) is 5. The number of carbonyl (C=O) groups excluding carboxylic acids is 1. The molecule has 0 amide bonds. The van der Waals surface area contributed by atoms with Crippen molar-refractivity contribution in [1.29, 1.82) is 0 Å². The van der Waals surface area contributed by atoms with E-state index in [1.54, 1.807) is 11.1 Å². The van der Waals surface area contributed by atoms with Crippen LogP contribution in [0.2, 0.25) is 0 Å². The smallest absolute Gasteiger partial charge is 0.355 e. The van der Waals surface area contributed by atoms with E-state index in [4.69, 9.17) is 4.74 Å². The summed E-state index contributed by atoms with van der Waals surface area (Å²) in [6.07, 6.45) is 1.67. The number of nitrogens with one attached hydrogen (secondary N) is 1. The van der Waals surface area contributed by atoms with Gasteiger partial charge in [-0.2, -0.15) is 0 Å². The number of esters is 1. The van der Waals surface area contributed by atoms with Gasteiger partial charge in [-0.15, -0.1) is 0 Å². The number of carbonyl (C=O) groups is 1. The lowest BCUT2D eigenvalue weighted by Gasteiger charge is -2.12. The molecule has 1 aromatic heterocycles. The van der Waals surface area contributed by atoms with Crippen LogP contribution in [0.5, 0.6) is 0 Å². The lowest BCUT2D eigenvalue weighted by molar-refractivity contribution is -0.136. The van der Waals surface area contributed by atoms with E-state index in [0.717, 1.165) is 10.3 Å². The van der Waals surface area contributed by atoms with Gasteiger partial charge in [-0.3, -0.25) is 0 Å². The van der Waals surface area contributed by atoms with E-state index in [1.807, 2.05) is 32.3 Å². The van der Waals surface area contributed by atoms with E-state index in [-0.39, 0.29) is 0 Å². The summed E-state index contributed by atoms with van der Waals surface area (Å²) in [6, 6.07) is 5.62. The Morgan fingerprint density at radius 1 is 1.56 bits per heavy atom. The van der Waals surface area contributed by atoms with Gasteiger partial charge in [0.2, 0.25) is 0 Å². The summed E-state index contributed by atoms with van der Waals surface area (Å²) >= 11 is 3.30. The topological polar surface area (TPSA) is 54.5 Å². The molecule has 1 heterocycles. The van der Waals surface area contributed by atoms with Gasteiger partial charge in [0.05, 0.1) is 19.3 Å². The van der Waals surface area contributed by atoms with Crippen LogP contribution in [0.1, 0.15) is 5.69 Å². The number of pyridine rings is 1. The molecule has 0 unspecified atom stereocenters. The average molecular weight is 314 g/mol. The van der Waals surface area contributed by atoms with E-state index in [0.29, 0.717) is 12.2 Å². The molecule has 0 spiro atoms. The van der Waals surface area contributed by atoms with Crippen LogP contribution in [0.15, 0.2) is 34.7 Å². The molecule has 0 aromatic carbocycles. The lowest BCUT2D eigenvalue weighted by Crippen LogP contribution is -2.24. The van der Waals surface area contributed by atoms with E-state index in [9.17, 15) is 4.79 Å². The van der Waals surface area contributed by atoms with Crippen LogP contribution in [0, 0.1) is 0 Å². The summed E-state index contributed by atoms with van der Waals surface area (Å²) in [5.41, 5.74) is 1.22. The zero-order valence-electron chi connectivity index (χ0n) is 10.6. The quantitative estimate of drug-likeness (QED) is 0.507. The molecule has 18 heavy (non-hydrogen) atoms. The molecule has 6 heteroatoms. The first kappa shape index (κ1) is 14.5. The van der Waals surface area contributed by atoms with Crippen molar-refractivity contribution in [3.63, 3.8) is 0 Å². The third-order valence-corrected chi connectivity index (χ3v) is 2.47. The zero-order chi connectivity index (χ0) is 13.5. The Bertz CT molecular complexity index is 447. The maximum absolute atomic E-state index is 11.5. The summed E-state index contributed by atoms with van der Waals surface area (Å²) < 4.78 is 5.46. The van der Waals surface area contributed by atoms with E-state index in [1.165, 1.54) is 7.11 Å². The van der Waals surface area contributed by atoms with E-state index >= 15 is 0 Å². The summed E-state index contributed by atoms with van der Waals surface area (Å²) in [4.78, 5) is 17.6. The second-order valence-corrected chi connectivity index (χ2v) is 4.62. The first-order valence-corrected chi connectivity index (χ1v) is 6.14. The first-order chi connectivity index (χ1) is 8.52. The number of halogens is 1. The minimum atomic E-state index is -0.404. The fourth-order valence-corrected chi connectivity index (χ4v) is 1.65. The van der Waals surface area contributed by atoms with Crippen molar-refractivity contribution in [2.45, 2.75) is 6.54 Å². The highest BCUT2D eigenvalue weighted by molar-refractivity contribution is 9.10. The van der Waals surface area contributed by atoms with Crippen molar-refractivity contribution in [1.82, 2.24) is 15.2 Å². The van der Waals surface area contributed by atoms with Gasteiger partial charge in [0.15, 0.2) is 0 Å². The molecule has 1 rings (SSSR count). The summed E-state index contributed by atoms with van der Waals surface area (Å²) in [7, 11) is 5.02. The Kier molecular flexibility index (Phi) is 5.64. The highest BCUT2D eigenvalue weighted by Gasteiger charge is 2.09. The maximum Gasteiger partial charge on any atom is 0.355 e. The Labute approximate surface area is 115 Å². The largest absolute Gasteiger partial charge is 0.464 e. The summed E-state index contributed by atoms with van der Waals surface area (Å²) in [6.45, 7) is 0.453. The van der Waals surface area contributed by atoms with Crippen molar-refractivity contribution < 1.29 is 9.53 Å². The van der Waals surface area contributed by atoms with Crippen LogP contribution < -0.4 is 5.32 Å². The molecule has 0 aliphatic carbocycles. The normalized spacial score (nSPS) is 11.0. The van der Waals surface area contributed by atoms with E-state index in [2.05, 4.69) is 26.2 Å². The van der Waals surface area contributed by atoms with Gasteiger partial charge in [-0.25, -0.2) is 9.78 Å². The van der Waals surface area contributed by atoms with Gasteiger partial charge in [0.25, 0.3) is 0 Å². The zero-order valence-corrected chi connectivity index (χ0v) is 12.2. The monoisotopic (exact) mass is 313 g/mol. The van der Waals surface area contributed by atoms with Gasteiger partial charge < -0.3 is 15.0 Å². The molecule has 0 bridgehead atoms.